The average Bonchev–Trinajstić information content (AvgIpc) is 2.64. The summed E-state index contributed by atoms with van der Waals surface area (Å²) in [4.78, 5) is 11.8. The molecule has 0 aromatic heterocycles. The van der Waals surface area contributed by atoms with Crippen LogP contribution in [0.5, 0.6) is 17.2 Å². The summed E-state index contributed by atoms with van der Waals surface area (Å²) in [6.45, 7) is 13.9. The van der Waals surface area contributed by atoms with Crippen molar-refractivity contribution in [2.24, 2.45) is 0 Å². The van der Waals surface area contributed by atoms with Crippen LogP contribution in [0.1, 0.15) is 51.3 Å². The molecule has 0 spiro atoms. The van der Waals surface area contributed by atoms with Gasteiger partial charge in [0.1, 0.15) is 22.8 Å². The first-order valence-corrected chi connectivity index (χ1v) is 9.57. The van der Waals surface area contributed by atoms with Crippen molar-refractivity contribution in [2.75, 3.05) is 7.11 Å². The number of carbonyl (C=O) groups excluding carboxylic acids is 1. The predicted molar refractivity (Wildman–Crippen MR) is 113 cm³/mol. The molecule has 0 heterocycles. The molecule has 0 saturated heterocycles. The number of amides is 1. The maximum absolute atomic E-state index is 11.8. The highest BCUT2D eigenvalue weighted by Gasteiger charge is 2.16. The van der Waals surface area contributed by atoms with Crippen molar-refractivity contribution in [3.63, 3.8) is 0 Å². The minimum atomic E-state index is -0.508. The Labute approximate surface area is 169 Å². The number of hydrogen-bond acceptors (Lipinski definition) is 4. The van der Waals surface area contributed by atoms with Gasteiger partial charge in [0.25, 0.3) is 0 Å². The van der Waals surface area contributed by atoms with E-state index in [2.05, 4.69) is 5.32 Å². The standard InChI is InChI=1S/C21H27NO4.C2H6/c1-14-11-16(13-22-20(23)26-21(3,4)5)12-15(2)19(14)25-18-9-7-17(24-6)8-10-18;1-2/h7-12H,13H2,1-6H3,(H,22,23);1-2H3. The minimum absolute atomic E-state index is 0.402. The lowest BCUT2D eigenvalue weighted by Crippen LogP contribution is -2.32. The third kappa shape index (κ3) is 7.51. The highest BCUT2D eigenvalue weighted by Crippen LogP contribution is 2.30. The molecule has 0 atom stereocenters. The van der Waals surface area contributed by atoms with Gasteiger partial charge in [0.05, 0.1) is 7.11 Å². The summed E-state index contributed by atoms with van der Waals surface area (Å²) in [6, 6.07) is 11.5. The van der Waals surface area contributed by atoms with E-state index in [0.717, 1.165) is 33.9 Å². The highest BCUT2D eigenvalue weighted by molar-refractivity contribution is 5.67. The SMILES string of the molecule is CC.COc1ccc(Oc2c(C)cc(CNC(=O)OC(C)(C)C)cc2C)cc1. The molecule has 1 amide bonds. The van der Waals surface area contributed by atoms with E-state index in [9.17, 15) is 4.79 Å². The number of methoxy groups -OCH3 is 1. The molecule has 5 nitrogen and oxygen atoms in total. The van der Waals surface area contributed by atoms with Gasteiger partial charge in [-0.3, -0.25) is 0 Å². The zero-order valence-corrected chi connectivity index (χ0v) is 18.3. The molecule has 154 valence electrons. The van der Waals surface area contributed by atoms with Crippen molar-refractivity contribution >= 4 is 6.09 Å². The average molecular weight is 388 g/mol. The number of alkyl carbamates (subject to hydrolysis) is 1. The van der Waals surface area contributed by atoms with Crippen LogP contribution < -0.4 is 14.8 Å². The van der Waals surface area contributed by atoms with Crippen LogP contribution in [0.2, 0.25) is 0 Å². The lowest BCUT2D eigenvalue weighted by atomic mass is 10.1. The Kier molecular flexibility index (Phi) is 8.83. The lowest BCUT2D eigenvalue weighted by molar-refractivity contribution is 0.0523. The molecule has 28 heavy (non-hydrogen) atoms. The van der Waals surface area contributed by atoms with Crippen LogP contribution in [0.4, 0.5) is 4.79 Å². The molecule has 5 heteroatoms. The highest BCUT2D eigenvalue weighted by atomic mass is 16.6. The third-order valence-electron chi connectivity index (χ3n) is 3.64. The number of rotatable bonds is 5. The molecule has 0 aliphatic heterocycles. The summed E-state index contributed by atoms with van der Waals surface area (Å²) in [5.41, 5.74) is 2.49. The van der Waals surface area contributed by atoms with E-state index in [1.54, 1.807) is 7.11 Å². The van der Waals surface area contributed by atoms with Gasteiger partial charge in [-0.1, -0.05) is 26.0 Å². The van der Waals surface area contributed by atoms with Gasteiger partial charge in [0, 0.05) is 6.54 Å². The van der Waals surface area contributed by atoms with Gasteiger partial charge in [-0.2, -0.15) is 0 Å². The first-order valence-electron chi connectivity index (χ1n) is 9.57. The second kappa shape index (κ2) is 10.6. The number of carbonyl (C=O) groups is 1. The van der Waals surface area contributed by atoms with Gasteiger partial charge in [0.15, 0.2) is 0 Å². The van der Waals surface area contributed by atoms with Crippen molar-refractivity contribution in [1.82, 2.24) is 5.32 Å². The molecule has 0 aliphatic rings. The van der Waals surface area contributed by atoms with E-state index in [1.807, 2.05) is 84.9 Å². The third-order valence-corrected chi connectivity index (χ3v) is 3.64. The van der Waals surface area contributed by atoms with E-state index in [4.69, 9.17) is 14.2 Å². The molecule has 0 unspecified atom stereocenters. The Bertz CT molecular complexity index is 738. The van der Waals surface area contributed by atoms with E-state index >= 15 is 0 Å². The second-order valence-corrected chi connectivity index (χ2v) is 7.19. The van der Waals surface area contributed by atoms with Gasteiger partial charge in [0.2, 0.25) is 0 Å². The van der Waals surface area contributed by atoms with Gasteiger partial charge in [-0.05, 0) is 75.6 Å². The number of ether oxygens (including phenoxy) is 3. The zero-order valence-electron chi connectivity index (χ0n) is 18.3. The quantitative estimate of drug-likeness (QED) is 0.668. The zero-order chi connectivity index (χ0) is 21.3. The Hall–Kier alpha value is -2.69. The molecule has 0 radical (unpaired) electrons. The minimum Gasteiger partial charge on any atom is -0.497 e. The number of aryl methyl sites for hydroxylation is 2. The van der Waals surface area contributed by atoms with Crippen LogP contribution in [-0.4, -0.2) is 18.8 Å². The molecule has 0 fully saturated rings. The van der Waals surface area contributed by atoms with Crippen molar-refractivity contribution in [3.8, 4) is 17.2 Å². The molecule has 2 aromatic carbocycles. The smallest absolute Gasteiger partial charge is 0.407 e. The Morgan fingerprint density at radius 2 is 1.46 bits per heavy atom. The van der Waals surface area contributed by atoms with Gasteiger partial charge >= 0.3 is 6.09 Å². The van der Waals surface area contributed by atoms with Gasteiger partial charge in [-0.15, -0.1) is 0 Å². The topological polar surface area (TPSA) is 56.8 Å². The Morgan fingerprint density at radius 3 is 1.93 bits per heavy atom. The normalized spacial score (nSPS) is 10.4. The Morgan fingerprint density at radius 1 is 0.964 bits per heavy atom. The molecule has 1 N–H and O–H groups in total. The van der Waals surface area contributed by atoms with Crippen molar-refractivity contribution in [2.45, 2.75) is 60.6 Å². The van der Waals surface area contributed by atoms with Gasteiger partial charge < -0.3 is 19.5 Å². The summed E-state index contributed by atoms with van der Waals surface area (Å²) in [7, 11) is 1.63. The van der Waals surface area contributed by atoms with E-state index in [-0.39, 0.29) is 0 Å². The predicted octanol–water partition coefficient (Wildman–Crippen LogP) is 6.16. The molecular weight excluding hydrogens is 354 g/mol. The Balaban J connectivity index is 0.00000190. The molecule has 2 rings (SSSR count). The summed E-state index contributed by atoms with van der Waals surface area (Å²) >= 11 is 0. The van der Waals surface area contributed by atoms with Crippen molar-refractivity contribution < 1.29 is 19.0 Å². The fourth-order valence-electron chi connectivity index (χ4n) is 2.55. The first-order chi connectivity index (χ1) is 13.2. The van der Waals surface area contributed by atoms with Crippen LogP contribution in [0, 0.1) is 13.8 Å². The fraction of sp³-hybridized carbons (Fsp3) is 0.435. The van der Waals surface area contributed by atoms with Crippen LogP contribution in [-0.2, 0) is 11.3 Å². The summed E-state index contributed by atoms with van der Waals surface area (Å²) in [5, 5.41) is 2.78. The monoisotopic (exact) mass is 387 g/mol. The summed E-state index contributed by atoms with van der Waals surface area (Å²) < 4.78 is 16.4. The maximum atomic E-state index is 11.8. The largest absolute Gasteiger partial charge is 0.497 e. The molecule has 2 aromatic rings. The maximum Gasteiger partial charge on any atom is 0.407 e. The summed E-state index contributed by atoms with van der Waals surface area (Å²) in [6.07, 6.45) is -0.425. The van der Waals surface area contributed by atoms with E-state index in [0.29, 0.717) is 6.54 Å². The number of benzene rings is 2. The van der Waals surface area contributed by atoms with E-state index < -0.39 is 11.7 Å². The lowest BCUT2D eigenvalue weighted by Gasteiger charge is -2.20. The molecule has 0 bridgehead atoms. The van der Waals surface area contributed by atoms with Crippen molar-refractivity contribution in [1.29, 1.82) is 0 Å². The van der Waals surface area contributed by atoms with Crippen molar-refractivity contribution in [3.05, 3.63) is 53.1 Å². The molecule has 0 aliphatic carbocycles. The van der Waals surface area contributed by atoms with Gasteiger partial charge in [-0.25, -0.2) is 4.79 Å². The van der Waals surface area contributed by atoms with Crippen LogP contribution in [0.25, 0.3) is 0 Å². The molecular formula is C23H33NO4. The number of nitrogens with one attached hydrogen (secondary N) is 1. The number of hydrogen-bond donors (Lipinski definition) is 1. The van der Waals surface area contributed by atoms with Crippen LogP contribution in [0.3, 0.4) is 0 Å². The second-order valence-electron chi connectivity index (χ2n) is 7.19. The van der Waals surface area contributed by atoms with E-state index in [1.165, 1.54) is 0 Å². The summed E-state index contributed by atoms with van der Waals surface area (Å²) in [5.74, 6) is 2.35. The fourth-order valence-corrected chi connectivity index (χ4v) is 2.55. The van der Waals surface area contributed by atoms with Crippen LogP contribution in [0.15, 0.2) is 36.4 Å². The molecule has 0 saturated carbocycles. The first kappa shape index (κ1) is 23.3. The van der Waals surface area contributed by atoms with Crippen LogP contribution >= 0.6 is 0 Å².